The van der Waals surface area contributed by atoms with Gasteiger partial charge in [-0.3, -0.25) is 14.6 Å². The number of nitrogens with one attached hydrogen (secondary N) is 2. The molecular weight excluding hydrogens is 469 g/mol. The molecule has 2 aromatic heterocycles. The summed E-state index contributed by atoms with van der Waals surface area (Å²) in [4.78, 5) is 38.4. The summed E-state index contributed by atoms with van der Waals surface area (Å²) in [6, 6.07) is 6.41. The highest BCUT2D eigenvalue weighted by Gasteiger charge is 2.31. The number of pyridine rings is 1. The minimum absolute atomic E-state index is 0.0381. The first-order valence-corrected chi connectivity index (χ1v) is 12.8. The third kappa shape index (κ3) is 4.57. The quantitative estimate of drug-likeness (QED) is 0.461. The number of halogens is 1. The lowest BCUT2D eigenvalue weighted by Gasteiger charge is -2.29. The number of hydrogen-bond acceptors (Lipinski definition) is 4. The lowest BCUT2D eigenvalue weighted by atomic mass is 9.99. The van der Waals surface area contributed by atoms with Gasteiger partial charge in [0.2, 0.25) is 0 Å². The number of aromatic nitrogens is 2. The standard InChI is InChI=1S/C29H32FN5O2/c1-5-34(6-2)11-12-35-10-9-23-27(29(35)37)18(4)24(32-23)15-22-21-14-25(31-16-26(21)33-28(22)36)20-13-19(30)8-7-17(20)3/h7-8,13-16,32H,5-6,9-12H2,1-4H3,(H,33,36). The Morgan fingerprint density at radius 1 is 1.14 bits per heavy atom. The van der Waals surface area contributed by atoms with Crippen LogP contribution in [0.15, 0.2) is 30.5 Å². The molecule has 2 amide bonds. The summed E-state index contributed by atoms with van der Waals surface area (Å²) in [7, 11) is 0. The van der Waals surface area contributed by atoms with Crippen LogP contribution in [0.5, 0.6) is 0 Å². The summed E-state index contributed by atoms with van der Waals surface area (Å²) in [5.41, 5.74) is 7.20. The van der Waals surface area contributed by atoms with Gasteiger partial charge >= 0.3 is 0 Å². The number of aryl methyl sites for hydroxylation is 1. The summed E-state index contributed by atoms with van der Waals surface area (Å²) in [5.74, 6) is -0.531. The van der Waals surface area contributed by atoms with E-state index in [0.29, 0.717) is 46.7 Å². The summed E-state index contributed by atoms with van der Waals surface area (Å²) >= 11 is 0. The Labute approximate surface area is 216 Å². The molecule has 2 N–H and O–H groups in total. The predicted molar refractivity (Wildman–Crippen MR) is 144 cm³/mol. The minimum atomic E-state index is -0.337. The highest BCUT2D eigenvalue weighted by Crippen LogP contribution is 2.37. The van der Waals surface area contributed by atoms with Gasteiger partial charge in [-0.1, -0.05) is 19.9 Å². The molecule has 7 nitrogen and oxygen atoms in total. The number of H-pyrrole nitrogens is 1. The first-order chi connectivity index (χ1) is 17.8. The second kappa shape index (κ2) is 9.94. The van der Waals surface area contributed by atoms with Gasteiger partial charge < -0.3 is 20.1 Å². The molecule has 0 aliphatic carbocycles. The molecule has 0 radical (unpaired) electrons. The molecule has 1 aromatic carbocycles. The third-order valence-electron chi connectivity index (χ3n) is 7.53. The van der Waals surface area contributed by atoms with Gasteiger partial charge in [-0.15, -0.1) is 0 Å². The molecular formula is C29H32FN5O2. The summed E-state index contributed by atoms with van der Waals surface area (Å²) in [6.45, 7) is 12.2. The molecule has 0 saturated carbocycles. The van der Waals surface area contributed by atoms with Crippen molar-refractivity contribution in [2.45, 2.75) is 34.1 Å². The number of carbonyl (C=O) groups is 2. The van der Waals surface area contributed by atoms with Gasteiger partial charge in [-0.25, -0.2) is 4.39 Å². The summed E-state index contributed by atoms with van der Waals surface area (Å²) in [6.07, 6.45) is 4.17. The zero-order chi connectivity index (χ0) is 26.3. The molecule has 3 aromatic rings. The molecule has 8 heteroatoms. The van der Waals surface area contributed by atoms with E-state index in [2.05, 4.69) is 34.0 Å². The lowest BCUT2D eigenvalue weighted by molar-refractivity contribution is -0.110. The van der Waals surface area contributed by atoms with Crippen molar-refractivity contribution >= 4 is 29.2 Å². The van der Waals surface area contributed by atoms with E-state index in [9.17, 15) is 14.0 Å². The fourth-order valence-corrected chi connectivity index (χ4v) is 5.22. The fraction of sp³-hybridized carbons (Fsp3) is 0.345. The average Bonchev–Trinajstić information content (AvgIpc) is 3.38. The summed E-state index contributed by atoms with van der Waals surface area (Å²) in [5, 5.41) is 2.87. The van der Waals surface area contributed by atoms with Crippen LogP contribution >= 0.6 is 0 Å². The van der Waals surface area contributed by atoms with Crippen molar-refractivity contribution in [3.63, 3.8) is 0 Å². The number of nitrogens with zero attached hydrogens (tertiary/aromatic N) is 3. The van der Waals surface area contributed by atoms with Crippen molar-refractivity contribution in [3.8, 4) is 11.3 Å². The van der Waals surface area contributed by atoms with E-state index in [1.54, 1.807) is 12.3 Å². The van der Waals surface area contributed by atoms with E-state index in [4.69, 9.17) is 0 Å². The van der Waals surface area contributed by atoms with E-state index in [-0.39, 0.29) is 17.6 Å². The maximum atomic E-state index is 13.9. The number of likely N-dealkylation sites (N-methyl/N-ethyl adjacent to an activating group) is 1. The van der Waals surface area contributed by atoms with E-state index < -0.39 is 0 Å². The van der Waals surface area contributed by atoms with Gasteiger partial charge in [-0.2, -0.15) is 0 Å². The molecule has 0 fully saturated rings. The zero-order valence-corrected chi connectivity index (χ0v) is 21.7. The molecule has 0 spiro atoms. The van der Waals surface area contributed by atoms with Gasteiger partial charge in [0.1, 0.15) is 5.82 Å². The number of fused-ring (bicyclic) bond motifs is 2. The molecule has 0 unspecified atom stereocenters. The lowest BCUT2D eigenvalue weighted by Crippen LogP contribution is -2.42. The largest absolute Gasteiger partial charge is 0.358 e. The smallest absolute Gasteiger partial charge is 0.256 e. The molecule has 192 valence electrons. The van der Waals surface area contributed by atoms with Crippen LogP contribution in [0.2, 0.25) is 0 Å². The van der Waals surface area contributed by atoms with Gasteiger partial charge in [0.05, 0.1) is 28.7 Å². The van der Waals surface area contributed by atoms with Crippen LogP contribution < -0.4 is 5.32 Å². The van der Waals surface area contributed by atoms with Crippen LogP contribution in [0.4, 0.5) is 10.1 Å². The van der Waals surface area contributed by atoms with E-state index in [1.807, 2.05) is 30.9 Å². The van der Waals surface area contributed by atoms with Crippen LogP contribution in [-0.2, 0) is 11.2 Å². The molecule has 2 aliphatic heterocycles. The Balaban J connectivity index is 1.47. The minimum Gasteiger partial charge on any atom is -0.358 e. The van der Waals surface area contributed by atoms with Crippen molar-refractivity contribution in [2.75, 3.05) is 38.0 Å². The Bertz CT molecular complexity index is 1420. The van der Waals surface area contributed by atoms with Gasteiger partial charge in [-0.05, 0) is 62.3 Å². The van der Waals surface area contributed by atoms with Crippen LogP contribution in [0.3, 0.4) is 0 Å². The molecule has 0 atom stereocenters. The molecule has 0 bridgehead atoms. The van der Waals surface area contributed by atoms with E-state index >= 15 is 0 Å². The van der Waals surface area contributed by atoms with E-state index in [1.165, 1.54) is 12.1 Å². The molecule has 5 rings (SSSR count). The van der Waals surface area contributed by atoms with Crippen molar-refractivity contribution in [2.24, 2.45) is 0 Å². The second-order valence-electron chi connectivity index (χ2n) is 9.67. The first kappa shape index (κ1) is 24.9. The maximum Gasteiger partial charge on any atom is 0.256 e. The molecule has 4 heterocycles. The number of benzene rings is 1. The molecule has 2 aliphatic rings. The number of aromatic amines is 1. The van der Waals surface area contributed by atoms with Gasteiger partial charge in [0.15, 0.2) is 0 Å². The molecule has 0 saturated heterocycles. The van der Waals surface area contributed by atoms with Crippen molar-refractivity contribution < 1.29 is 14.0 Å². The van der Waals surface area contributed by atoms with Crippen molar-refractivity contribution in [3.05, 3.63) is 69.9 Å². The highest BCUT2D eigenvalue weighted by molar-refractivity contribution is 6.35. The number of hydrogen-bond donors (Lipinski definition) is 2. The Morgan fingerprint density at radius 3 is 2.68 bits per heavy atom. The number of rotatable bonds is 7. The van der Waals surface area contributed by atoms with E-state index in [0.717, 1.165) is 48.6 Å². The number of anilines is 1. The normalized spacial score (nSPS) is 15.9. The third-order valence-corrected chi connectivity index (χ3v) is 7.53. The SMILES string of the molecule is CCN(CC)CCN1CCc2[nH]c(C=C3C(=O)Nc4cnc(-c5cc(F)ccc5C)cc43)c(C)c2C1=O. The Hall–Kier alpha value is -3.78. The number of carbonyl (C=O) groups excluding carboxylic acids is 2. The van der Waals surface area contributed by atoms with Crippen molar-refractivity contribution in [1.82, 2.24) is 19.8 Å². The number of amides is 2. The fourth-order valence-electron chi connectivity index (χ4n) is 5.22. The first-order valence-electron chi connectivity index (χ1n) is 12.8. The van der Waals surface area contributed by atoms with Crippen LogP contribution in [0.1, 0.15) is 52.3 Å². The monoisotopic (exact) mass is 501 g/mol. The predicted octanol–water partition coefficient (Wildman–Crippen LogP) is 4.67. The van der Waals surface area contributed by atoms with Crippen molar-refractivity contribution in [1.29, 1.82) is 0 Å². The Kier molecular flexibility index (Phi) is 6.69. The zero-order valence-electron chi connectivity index (χ0n) is 21.7. The summed E-state index contributed by atoms with van der Waals surface area (Å²) < 4.78 is 13.9. The maximum absolute atomic E-state index is 13.9. The molecule has 37 heavy (non-hydrogen) atoms. The Morgan fingerprint density at radius 2 is 1.92 bits per heavy atom. The van der Waals surface area contributed by atoms with Gasteiger partial charge in [0.25, 0.3) is 11.8 Å². The topological polar surface area (TPSA) is 81.3 Å². The van der Waals surface area contributed by atoms with Crippen LogP contribution in [-0.4, -0.2) is 64.3 Å². The average molecular weight is 502 g/mol. The highest BCUT2D eigenvalue weighted by atomic mass is 19.1. The second-order valence-corrected chi connectivity index (χ2v) is 9.67. The van der Waals surface area contributed by atoms with Gasteiger partial charge in [0, 0.05) is 48.6 Å². The van der Waals surface area contributed by atoms with Crippen LogP contribution in [0, 0.1) is 19.7 Å². The van der Waals surface area contributed by atoms with Crippen LogP contribution in [0.25, 0.3) is 22.9 Å².